The molecule has 82 valence electrons. The number of hydroxylamine groups is 2. The van der Waals surface area contributed by atoms with E-state index in [9.17, 15) is 0 Å². The molecule has 1 spiro atoms. The van der Waals surface area contributed by atoms with Crippen molar-refractivity contribution >= 4 is 0 Å². The van der Waals surface area contributed by atoms with Crippen molar-refractivity contribution in [1.82, 2.24) is 5.06 Å². The van der Waals surface area contributed by atoms with Crippen molar-refractivity contribution in [1.29, 1.82) is 0 Å². The van der Waals surface area contributed by atoms with E-state index in [4.69, 9.17) is 4.84 Å². The number of hydrogen-bond acceptors (Lipinski definition) is 2. The molecule has 2 nitrogen and oxygen atoms in total. The largest absolute Gasteiger partial charge is 0.272 e. The Hall–Kier alpha value is -0.0800. The summed E-state index contributed by atoms with van der Waals surface area (Å²) in [7, 11) is 2.07. The van der Waals surface area contributed by atoms with E-state index >= 15 is 0 Å². The van der Waals surface area contributed by atoms with E-state index in [2.05, 4.69) is 32.9 Å². The molecule has 2 aliphatic rings. The maximum atomic E-state index is 5.64. The third-order valence-corrected chi connectivity index (χ3v) is 4.16. The molecular weight excluding hydrogens is 174 g/mol. The Balaban J connectivity index is 1.97. The van der Waals surface area contributed by atoms with Crippen molar-refractivity contribution in [2.75, 3.05) is 7.05 Å². The fraction of sp³-hybridized carbons (Fsp3) is 1.00. The Bertz CT molecular complexity index is 226. The van der Waals surface area contributed by atoms with E-state index in [0.29, 0.717) is 5.41 Å². The van der Waals surface area contributed by atoms with Crippen LogP contribution in [0.3, 0.4) is 0 Å². The average Bonchev–Trinajstić information content (AvgIpc) is 2.58. The minimum Gasteiger partial charge on any atom is -0.272 e. The van der Waals surface area contributed by atoms with Gasteiger partial charge in [0.15, 0.2) is 5.72 Å². The highest BCUT2D eigenvalue weighted by Crippen LogP contribution is 2.58. The lowest BCUT2D eigenvalue weighted by atomic mass is 9.79. The molecule has 3 atom stereocenters. The van der Waals surface area contributed by atoms with Crippen molar-refractivity contribution < 1.29 is 4.84 Å². The summed E-state index contributed by atoms with van der Waals surface area (Å²) in [4.78, 5) is 5.64. The minimum absolute atomic E-state index is 0.141. The molecule has 0 radical (unpaired) electrons. The van der Waals surface area contributed by atoms with Gasteiger partial charge >= 0.3 is 0 Å². The molecule has 1 saturated carbocycles. The summed E-state index contributed by atoms with van der Waals surface area (Å²) in [6.07, 6.45) is 6.52. The minimum atomic E-state index is 0.141. The molecule has 1 heterocycles. The molecule has 14 heavy (non-hydrogen) atoms. The molecule has 0 amide bonds. The molecule has 0 bridgehead atoms. The van der Waals surface area contributed by atoms with Crippen LogP contribution in [0.5, 0.6) is 0 Å². The van der Waals surface area contributed by atoms with Gasteiger partial charge in [0.25, 0.3) is 0 Å². The lowest BCUT2D eigenvalue weighted by Crippen LogP contribution is -2.17. The number of nitrogens with zero attached hydrogens (tertiary/aromatic N) is 1. The molecule has 2 rings (SSSR count). The van der Waals surface area contributed by atoms with Gasteiger partial charge in [-0.1, -0.05) is 33.6 Å². The number of hydrogen-bond donors (Lipinski definition) is 0. The first-order valence-corrected chi connectivity index (χ1v) is 5.93. The van der Waals surface area contributed by atoms with Crippen LogP contribution in [-0.2, 0) is 4.84 Å². The highest BCUT2D eigenvalue weighted by molar-refractivity contribution is 5.02. The van der Waals surface area contributed by atoms with Gasteiger partial charge in [-0.05, 0) is 30.6 Å². The van der Waals surface area contributed by atoms with Crippen LogP contribution >= 0.6 is 0 Å². The van der Waals surface area contributed by atoms with E-state index in [1.165, 1.54) is 32.1 Å². The summed E-state index contributed by atoms with van der Waals surface area (Å²) >= 11 is 0. The zero-order valence-electron chi connectivity index (χ0n) is 9.97. The van der Waals surface area contributed by atoms with Crippen molar-refractivity contribution in [2.45, 2.75) is 58.6 Å². The Morgan fingerprint density at radius 3 is 2.50 bits per heavy atom. The van der Waals surface area contributed by atoms with Crippen molar-refractivity contribution in [3.05, 3.63) is 0 Å². The molecule has 2 fully saturated rings. The Kier molecular flexibility index (Phi) is 2.39. The van der Waals surface area contributed by atoms with E-state index in [1.807, 2.05) is 0 Å². The lowest BCUT2D eigenvalue weighted by Gasteiger charge is -2.25. The second-order valence-corrected chi connectivity index (χ2v) is 5.74. The molecular formula is C12H23NO. The molecule has 1 aliphatic carbocycles. The molecule has 0 aromatic rings. The molecule has 0 N–H and O–H groups in total. The molecule has 3 unspecified atom stereocenters. The number of unbranched alkanes of at least 4 members (excludes halogenated alkanes) is 1. The van der Waals surface area contributed by atoms with Gasteiger partial charge in [0, 0.05) is 7.05 Å². The van der Waals surface area contributed by atoms with Gasteiger partial charge in [-0.15, -0.1) is 0 Å². The summed E-state index contributed by atoms with van der Waals surface area (Å²) in [6, 6.07) is 0. The highest BCUT2D eigenvalue weighted by atomic mass is 16.9. The van der Waals surface area contributed by atoms with Crippen LogP contribution < -0.4 is 0 Å². The Labute approximate surface area is 87.6 Å². The molecule has 1 aliphatic heterocycles. The first kappa shape index (κ1) is 10.4. The summed E-state index contributed by atoms with van der Waals surface area (Å²) in [6.45, 7) is 7.08. The van der Waals surface area contributed by atoms with Gasteiger partial charge in [0.05, 0.1) is 0 Å². The zero-order valence-corrected chi connectivity index (χ0v) is 9.97. The van der Waals surface area contributed by atoms with Gasteiger partial charge in [0.1, 0.15) is 0 Å². The Morgan fingerprint density at radius 2 is 2.07 bits per heavy atom. The maximum absolute atomic E-state index is 5.64. The quantitative estimate of drug-likeness (QED) is 0.646. The molecule has 2 heteroatoms. The van der Waals surface area contributed by atoms with Crippen molar-refractivity contribution in [3.8, 4) is 0 Å². The smallest absolute Gasteiger partial charge is 0.165 e. The fourth-order valence-electron chi connectivity index (χ4n) is 3.08. The van der Waals surface area contributed by atoms with Crippen LogP contribution in [0, 0.1) is 11.3 Å². The predicted octanol–water partition coefficient (Wildman–Crippen LogP) is 3.19. The highest BCUT2D eigenvalue weighted by Gasteiger charge is 2.62. The van der Waals surface area contributed by atoms with Crippen LogP contribution in [0.1, 0.15) is 52.9 Å². The van der Waals surface area contributed by atoms with Crippen molar-refractivity contribution in [2.24, 2.45) is 11.3 Å². The standard InChI is InChI=1S/C12H23NO/c1-5-6-7-10-8-12(13(4)14-12)9-11(10,2)3/h10H,5-9H2,1-4H3. The van der Waals surface area contributed by atoms with E-state index in [-0.39, 0.29) is 5.72 Å². The summed E-state index contributed by atoms with van der Waals surface area (Å²) in [5.41, 5.74) is 0.613. The van der Waals surface area contributed by atoms with Crippen molar-refractivity contribution in [3.63, 3.8) is 0 Å². The molecule has 1 saturated heterocycles. The molecule has 0 aromatic heterocycles. The third kappa shape index (κ3) is 1.59. The van der Waals surface area contributed by atoms with Gasteiger partial charge in [0.2, 0.25) is 0 Å². The average molecular weight is 197 g/mol. The first-order valence-electron chi connectivity index (χ1n) is 5.93. The normalized spacial score (nSPS) is 44.6. The van der Waals surface area contributed by atoms with Gasteiger partial charge in [-0.2, -0.15) is 5.06 Å². The second kappa shape index (κ2) is 3.21. The summed E-state index contributed by atoms with van der Waals surface area (Å²) in [5.74, 6) is 0.854. The number of rotatable bonds is 3. The van der Waals surface area contributed by atoms with Gasteiger partial charge in [-0.3, -0.25) is 4.84 Å². The fourth-order valence-corrected chi connectivity index (χ4v) is 3.08. The lowest BCUT2D eigenvalue weighted by molar-refractivity contribution is 0.215. The van der Waals surface area contributed by atoms with Crippen LogP contribution in [0.15, 0.2) is 0 Å². The van der Waals surface area contributed by atoms with E-state index in [1.54, 1.807) is 0 Å². The summed E-state index contributed by atoms with van der Waals surface area (Å²) in [5, 5.41) is 2.06. The topological polar surface area (TPSA) is 15.5 Å². The zero-order chi connectivity index (χ0) is 10.4. The van der Waals surface area contributed by atoms with Gasteiger partial charge in [-0.25, -0.2) is 0 Å². The Morgan fingerprint density at radius 1 is 1.43 bits per heavy atom. The predicted molar refractivity (Wildman–Crippen MR) is 57.6 cm³/mol. The first-order chi connectivity index (χ1) is 6.50. The van der Waals surface area contributed by atoms with Crippen LogP contribution in [0.25, 0.3) is 0 Å². The van der Waals surface area contributed by atoms with Crippen LogP contribution in [0.4, 0.5) is 0 Å². The van der Waals surface area contributed by atoms with Crippen LogP contribution in [0.2, 0.25) is 0 Å². The monoisotopic (exact) mass is 197 g/mol. The van der Waals surface area contributed by atoms with E-state index in [0.717, 1.165) is 5.92 Å². The van der Waals surface area contributed by atoms with Gasteiger partial charge < -0.3 is 0 Å². The summed E-state index contributed by atoms with van der Waals surface area (Å²) < 4.78 is 0. The SMILES string of the molecule is CCCCC1CC2(CC1(C)C)ON2C. The third-order valence-electron chi connectivity index (χ3n) is 4.16. The van der Waals surface area contributed by atoms with E-state index < -0.39 is 0 Å². The second-order valence-electron chi connectivity index (χ2n) is 5.74. The molecule has 0 aromatic carbocycles. The maximum Gasteiger partial charge on any atom is 0.165 e. The van der Waals surface area contributed by atoms with Crippen LogP contribution in [-0.4, -0.2) is 17.8 Å².